The zero-order chi connectivity index (χ0) is 19.6. The number of carbonyl (C=O) groups is 3. The zero-order valence-electron chi connectivity index (χ0n) is 14.7. The minimum absolute atomic E-state index is 0.0625. The third-order valence-corrected chi connectivity index (χ3v) is 4.86. The van der Waals surface area contributed by atoms with Gasteiger partial charge in [-0.1, -0.05) is 12.1 Å². The summed E-state index contributed by atoms with van der Waals surface area (Å²) < 4.78 is 18.3. The van der Waals surface area contributed by atoms with Crippen molar-refractivity contribution in [3.8, 4) is 0 Å². The van der Waals surface area contributed by atoms with E-state index in [0.29, 0.717) is 22.6 Å². The summed E-state index contributed by atoms with van der Waals surface area (Å²) in [6.07, 6.45) is 1.54. The summed E-state index contributed by atoms with van der Waals surface area (Å²) >= 11 is 0.819. The molecule has 2 heterocycles. The Kier molecular flexibility index (Phi) is 5.46. The van der Waals surface area contributed by atoms with Crippen molar-refractivity contribution >= 4 is 34.9 Å². The summed E-state index contributed by atoms with van der Waals surface area (Å²) in [7, 11) is 0. The number of nitrogens with one attached hydrogen (secondary N) is 1. The van der Waals surface area contributed by atoms with E-state index >= 15 is 0 Å². The van der Waals surface area contributed by atoms with E-state index in [0.717, 1.165) is 16.7 Å². The summed E-state index contributed by atoms with van der Waals surface area (Å²) in [5, 5.41) is 2.27. The van der Waals surface area contributed by atoms with Gasteiger partial charge in [0, 0.05) is 13.1 Å². The molecule has 1 aliphatic heterocycles. The Morgan fingerprint density at radius 2 is 1.96 bits per heavy atom. The van der Waals surface area contributed by atoms with E-state index < -0.39 is 11.1 Å². The first-order chi connectivity index (χ1) is 12.8. The van der Waals surface area contributed by atoms with Gasteiger partial charge in [0.2, 0.25) is 0 Å². The van der Waals surface area contributed by atoms with Crippen LogP contribution in [-0.4, -0.2) is 35.0 Å². The van der Waals surface area contributed by atoms with Gasteiger partial charge < -0.3 is 9.73 Å². The molecule has 1 aliphatic rings. The number of hydrogen-bond donors (Lipinski definition) is 1. The molecule has 0 bridgehead atoms. The van der Waals surface area contributed by atoms with Gasteiger partial charge in [-0.25, -0.2) is 4.39 Å². The minimum atomic E-state index is -0.432. The third-order valence-electron chi connectivity index (χ3n) is 3.95. The molecule has 1 saturated heterocycles. The van der Waals surface area contributed by atoms with Gasteiger partial charge >= 0.3 is 0 Å². The molecule has 0 radical (unpaired) electrons. The first-order valence-electron chi connectivity index (χ1n) is 8.21. The van der Waals surface area contributed by atoms with Crippen LogP contribution in [0, 0.1) is 19.7 Å². The summed E-state index contributed by atoms with van der Waals surface area (Å²) in [6.45, 7) is 3.63. The van der Waals surface area contributed by atoms with E-state index in [4.69, 9.17) is 4.42 Å². The average Bonchev–Trinajstić information content (AvgIpc) is 3.09. The van der Waals surface area contributed by atoms with E-state index in [1.165, 1.54) is 24.3 Å². The van der Waals surface area contributed by atoms with E-state index in [1.54, 1.807) is 26.0 Å². The lowest BCUT2D eigenvalue weighted by Crippen LogP contribution is -2.37. The molecular formula is C19H17FN2O4S. The molecule has 6 nitrogen and oxygen atoms in total. The Hall–Kier alpha value is -2.87. The third kappa shape index (κ3) is 4.28. The van der Waals surface area contributed by atoms with Gasteiger partial charge in [0.15, 0.2) is 0 Å². The molecule has 8 heteroatoms. The molecule has 27 heavy (non-hydrogen) atoms. The van der Waals surface area contributed by atoms with Crippen LogP contribution in [0.15, 0.2) is 39.7 Å². The number of halogens is 1. The number of hydrogen-bond acceptors (Lipinski definition) is 5. The van der Waals surface area contributed by atoms with Gasteiger partial charge in [0.1, 0.15) is 17.3 Å². The van der Waals surface area contributed by atoms with Crippen LogP contribution < -0.4 is 5.32 Å². The number of aryl methyl sites for hydroxylation is 2. The monoisotopic (exact) mass is 388 g/mol. The van der Waals surface area contributed by atoms with Crippen LogP contribution in [0.25, 0.3) is 6.08 Å². The fourth-order valence-electron chi connectivity index (χ4n) is 2.64. The van der Waals surface area contributed by atoms with E-state index in [1.807, 2.05) is 0 Å². The molecule has 140 valence electrons. The maximum absolute atomic E-state index is 13.0. The van der Waals surface area contributed by atoms with E-state index in [2.05, 4.69) is 5.32 Å². The van der Waals surface area contributed by atoms with Crippen LogP contribution in [0.5, 0.6) is 0 Å². The highest BCUT2D eigenvalue weighted by Gasteiger charge is 2.34. The first kappa shape index (κ1) is 18.9. The molecule has 1 aromatic carbocycles. The Balaban J connectivity index is 1.60. The predicted molar refractivity (Wildman–Crippen MR) is 99.6 cm³/mol. The standard InChI is InChI=1S/C19H17FN2O4S/c1-11-9-15(12(2)26-11)17(23)21-7-8-22-18(24)16(27-19(22)25)10-13-3-5-14(20)6-4-13/h3-6,9-10H,7-8H2,1-2H3,(H,21,23)/b16-10-. The Morgan fingerprint density at radius 3 is 2.59 bits per heavy atom. The van der Waals surface area contributed by atoms with Crippen molar-refractivity contribution in [2.24, 2.45) is 0 Å². The molecule has 0 unspecified atom stereocenters. The van der Waals surface area contributed by atoms with Crippen LogP contribution in [-0.2, 0) is 4.79 Å². The largest absolute Gasteiger partial charge is 0.466 e. The fourth-order valence-corrected chi connectivity index (χ4v) is 3.50. The normalized spacial score (nSPS) is 15.7. The molecule has 0 spiro atoms. The molecule has 1 N–H and O–H groups in total. The molecule has 2 aromatic rings. The molecule has 0 saturated carbocycles. The highest BCUT2D eigenvalue weighted by atomic mass is 32.2. The van der Waals surface area contributed by atoms with Gasteiger partial charge in [-0.2, -0.15) is 0 Å². The van der Waals surface area contributed by atoms with Crippen molar-refractivity contribution in [1.82, 2.24) is 10.2 Å². The predicted octanol–water partition coefficient (Wildman–Crippen LogP) is 3.50. The molecule has 3 rings (SSSR count). The van der Waals surface area contributed by atoms with Crippen molar-refractivity contribution in [3.05, 3.63) is 63.7 Å². The van der Waals surface area contributed by atoms with Gasteiger partial charge in [-0.3, -0.25) is 19.3 Å². The quantitative estimate of drug-likeness (QED) is 0.793. The second-order valence-corrected chi connectivity index (χ2v) is 6.96. The van der Waals surface area contributed by atoms with Crippen molar-refractivity contribution in [1.29, 1.82) is 0 Å². The SMILES string of the molecule is Cc1cc(C(=O)NCCN2C(=O)S/C(=C\c3ccc(F)cc3)C2=O)c(C)o1. The number of carbonyl (C=O) groups excluding carboxylic acids is 3. The molecular weight excluding hydrogens is 371 g/mol. The summed E-state index contributed by atoms with van der Waals surface area (Å²) in [4.78, 5) is 38.0. The number of nitrogens with zero attached hydrogens (tertiary/aromatic N) is 1. The minimum Gasteiger partial charge on any atom is -0.466 e. The van der Waals surface area contributed by atoms with Gasteiger partial charge in [-0.15, -0.1) is 0 Å². The van der Waals surface area contributed by atoms with Crippen LogP contribution in [0.4, 0.5) is 9.18 Å². The van der Waals surface area contributed by atoms with Crippen LogP contribution in [0.1, 0.15) is 27.4 Å². The van der Waals surface area contributed by atoms with Crippen molar-refractivity contribution in [3.63, 3.8) is 0 Å². The van der Waals surface area contributed by atoms with Gasteiger partial charge in [0.05, 0.1) is 10.5 Å². The van der Waals surface area contributed by atoms with Gasteiger partial charge in [-0.05, 0) is 55.4 Å². The van der Waals surface area contributed by atoms with Crippen molar-refractivity contribution < 1.29 is 23.2 Å². The number of amides is 3. The number of thioether (sulfide) groups is 1. The average molecular weight is 388 g/mol. The van der Waals surface area contributed by atoms with Crippen molar-refractivity contribution in [2.45, 2.75) is 13.8 Å². The van der Waals surface area contributed by atoms with Gasteiger partial charge in [0.25, 0.3) is 17.1 Å². The number of imide groups is 1. The lowest BCUT2D eigenvalue weighted by Gasteiger charge is -2.12. The maximum Gasteiger partial charge on any atom is 0.293 e. The Bertz CT molecular complexity index is 934. The van der Waals surface area contributed by atoms with Crippen LogP contribution in [0.2, 0.25) is 0 Å². The van der Waals surface area contributed by atoms with E-state index in [9.17, 15) is 18.8 Å². The topological polar surface area (TPSA) is 79.6 Å². The summed E-state index contributed by atoms with van der Waals surface area (Å²) in [5.41, 5.74) is 1.05. The molecule has 1 fully saturated rings. The second kappa shape index (κ2) is 7.79. The smallest absolute Gasteiger partial charge is 0.293 e. The van der Waals surface area contributed by atoms with Crippen molar-refractivity contribution in [2.75, 3.05) is 13.1 Å². The Morgan fingerprint density at radius 1 is 1.26 bits per heavy atom. The number of benzene rings is 1. The lowest BCUT2D eigenvalue weighted by atomic mass is 10.2. The molecule has 0 atom stereocenters. The van der Waals surface area contributed by atoms with Crippen LogP contribution in [0.3, 0.4) is 0 Å². The zero-order valence-corrected chi connectivity index (χ0v) is 15.6. The first-order valence-corrected chi connectivity index (χ1v) is 9.03. The highest BCUT2D eigenvalue weighted by Crippen LogP contribution is 2.31. The summed E-state index contributed by atoms with van der Waals surface area (Å²) in [5.74, 6) is 0.0176. The Labute approximate surface area is 159 Å². The van der Waals surface area contributed by atoms with E-state index in [-0.39, 0.29) is 29.7 Å². The molecule has 3 amide bonds. The fraction of sp³-hybridized carbons (Fsp3) is 0.211. The lowest BCUT2D eigenvalue weighted by molar-refractivity contribution is -0.122. The highest BCUT2D eigenvalue weighted by molar-refractivity contribution is 8.18. The molecule has 0 aliphatic carbocycles. The van der Waals surface area contributed by atoms with Crippen LogP contribution >= 0.6 is 11.8 Å². The maximum atomic E-state index is 13.0. The summed E-state index contributed by atoms with van der Waals surface area (Å²) in [6, 6.07) is 7.25. The number of furan rings is 1. The second-order valence-electron chi connectivity index (χ2n) is 5.97. The molecule has 1 aromatic heterocycles. The number of rotatable bonds is 5.